The third kappa shape index (κ3) is 6.05. The van der Waals surface area contributed by atoms with Crippen molar-refractivity contribution in [2.45, 2.75) is 56.5 Å². The number of rotatable bonds is 4. The molecule has 0 aliphatic carbocycles. The van der Waals surface area contributed by atoms with Gasteiger partial charge in [0.1, 0.15) is 0 Å². The number of halogens is 1. The van der Waals surface area contributed by atoms with Gasteiger partial charge in [-0.3, -0.25) is 4.79 Å². The zero-order chi connectivity index (χ0) is 17.1. The van der Waals surface area contributed by atoms with E-state index in [1.807, 2.05) is 0 Å². The molecule has 0 spiro atoms. The zero-order valence-electron chi connectivity index (χ0n) is 14.3. The number of amides is 1. The average molecular weight is 376 g/mol. The van der Waals surface area contributed by atoms with Crippen molar-refractivity contribution >= 4 is 34.0 Å². The quantitative estimate of drug-likeness (QED) is 0.753. The molecule has 1 aliphatic heterocycles. The lowest BCUT2D eigenvalue weighted by molar-refractivity contribution is -0.118. The van der Waals surface area contributed by atoms with Gasteiger partial charge in [0, 0.05) is 11.2 Å². The first-order valence-corrected chi connectivity index (χ1v) is 9.34. The Balaban J connectivity index is 0.00000288. The summed E-state index contributed by atoms with van der Waals surface area (Å²) in [6.07, 6.45) is 2.90. The molecule has 0 aromatic heterocycles. The molecule has 1 unspecified atom stereocenters. The van der Waals surface area contributed by atoms with Gasteiger partial charge >= 0.3 is 0 Å². The van der Waals surface area contributed by atoms with Crippen LogP contribution in [0.4, 0.5) is 5.69 Å². The summed E-state index contributed by atoms with van der Waals surface area (Å²) in [5.41, 5.74) is -0.0800. The Bertz CT molecular complexity index is 665. The molecule has 6 nitrogen and oxygen atoms in total. The number of benzene rings is 1. The number of anilines is 1. The molecule has 1 saturated heterocycles. The van der Waals surface area contributed by atoms with Crippen LogP contribution in [0.25, 0.3) is 0 Å². The Morgan fingerprint density at radius 3 is 2.54 bits per heavy atom. The van der Waals surface area contributed by atoms with Crippen LogP contribution in [0.5, 0.6) is 0 Å². The van der Waals surface area contributed by atoms with E-state index in [4.69, 9.17) is 0 Å². The summed E-state index contributed by atoms with van der Waals surface area (Å²) in [5.74, 6) is -0.122. The summed E-state index contributed by atoms with van der Waals surface area (Å²) in [5, 5.41) is 5.97. The molecule has 0 radical (unpaired) electrons. The van der Waals surface area contributed by atoms with Gasteiger partial charge < -0.3 is 10.6 Å². The van der Waals surface area contributed by atoms with E-state index in [1.165, 1.54) is 12.1 Å². The van der Waals surface area contributed by atoms with Gasteiger partial charge in [-0.2, -0.15) is 0 Å². The Labute approximate surface area is 150 Å². The molecular weight excluding hydrogens is 350 g/mol. The maximum absolute atomic E-state index is 12.4. The smallest absolute Gasteiger partial charge is 0.241 e. The summed E-state index contributed by atoms with van der Waals surface area (Å²) in [6.45, 7) is 6.18. The Hall–Kier alpha value is -1.15. The van der Waals surface area contributed by atoms with Gasteiger partial charge in [0.2, 0.25) is 15.9 Å². The number of hydrogen-bond donors (Lipinski definition) is 3. The first kappa shape index (κ1) is 20.9. The topological polar surface area (TPSA) is 87.3 Å². The van der Waals surface area contributed by atoms with Crippen LogP contribution in [0.3, 0.4) is 0 Å². The highest BCUT2D eigenvalue weighted by molar-refractivity contribution is 7.89. The molecular formula is C16H26ClN3O3S. The fraction of sp³-hybridized carbons (Fsp3) is 0.562. The fourth-order valence-corrected chi connectivity index (χ4v) is 3.97. The molecule has 1 aliphatic rings. The van der Waals surface area contributed by atoms with Crippen molar-refractivity contribution in [3.63, 3.8) is 0 Å². The fourth-order valence-electron chi connectivity index (χ4n) is 2.51. The summed E-state index contributed by atoms with van der Waals surface area (Å²) >= 11 is 0. The minimum Gasteiger partial charge on any atom is -0.325 e. The average Bonchev–Trinajstić information content (AvgIpc) is 2.46. The minimum absolute atomic E-state index is 0. The lowest BCUT2D eigenvalue weighted by Gasteiger charge is -2.23. The van der Waals surface area contributed by atoms with Crippen LogP contribution in [0.15, 0.2) is 29.2 Å². The predicted molar refractivity (Wildman–Crippen MR) is 98.0 cm³/mol. The van der Waals surface area contributed by atoms with Crippen molar-refractivity contribution < 1.29 is 13.2 Å². The monoisotopic (exact) mass is 375 g/mol. The highest BCUT2D eigenvalue weighted by Crippen LogP contribution is 2.18. The summed E-state index contributed by atoms with van der Waals surface area (Å²) < 4.78 is 27.3. The predicted octanol–water partition coefficient (Wildman–Crippen LogP) is 2.27. The standard InChI is InChI=1S/C16H25N3O3S.ClH/c1-16(2,3)19-23(21,22)13-8-6-7-12(11-13)18-15(20)14-9-4-5-10-17-14;/h6-8,11,14,17,19H,4-5,9-10H2,1-3H3,(H,18,20);1H. The van der Waals surface area contributed by atoms with Crippen LogP contribution in [-0.2, 0) is 14.8 Å². The summed E-state index contributed by atoms with van der Waals surface area (Å²) in [6, 6.07) is 6.10. The van der Waals surface area contributed by atoms with Crippen LogP contribution < -0.4 is 15.4 Å². The first-order valence-electron chi connectivity index (χ1n) is 7.86. The van der Waals surface area contributed by atoms with Gasteiger partial charge in [0.15, 0.2) is 0 Å². The first-order chi connectivity index (χ1) is 10.7. The molecule has 0 bridgehead atoms. The van der Waals surface area contributed by atoms with Gasteiger partial charge in [-0.15, -0.1) is 12.4 Å². The van der Waals surface area contributed by atoms with E-state index in [9.17, 15) is 13.2 Å². The highest BCUT2D eigenvalue weighted by Gasteiger charge is 2.23. The van der Waals surface area contributed by atoms with E-state index in [1.54, 1.807) is 32.9 Å². The van der Waals surface area contributed by atoms with E-state index in [0.29, 0.717) is 5.69 Å². The van der Waals surface area contributed by atoms with Crippen molar-refractivity contribution in [3.05, 3.63) is 24.3 Å². The van der Waals surface area contributed by atoms with Crippen LogP contribution in [0.1, 0.15) is 40.0 Å². The van der Waals surface area contributed by atoms with E-state index in [0.717, 1.165) is 25.8 Å². The number of sulfonamides is 1. The van der Waals surface area contributed by atoms with Crippen LogP contribution in [0.2, 0.25) is 0 Å². The molecule has 8 heteroatoms. The van der Waals surface area contributed by atoms with Crippen molar-refractivity contribution in [2.24, 2.45) is 0 Å². The van der Waals surface area contributed by atoms with E-state index >= 15 is 0 Å². The summed E-state index contributed by atoms with van der Waals surface area (Å²) in [7, 11) is -3.62. The summed E-state index contributed by atoms with van der Waals surface area (Å²) in [4.78, 5) is 12.4. The second-order valence-corrected chi connectivity index (χ2v) is 8.56. The third-order valence-corrected chi connectivity index (χ3v) is 5.23. The molecule has 1 atom stereocenters. The second-order valence-electron chi connectivity index (χ2n) is 6.88. The molecule has 1 heterocycles. The van der Waals surface area contributed by atoms with E-state index in [2.05, 4.69) is 15.4 Å². The van der Waals surface area contributed by atoms with E-state index < -0.39 is 15.6 Å². The van der Waals surface area contributed by atoms with Crippen molar-refractivity contribution in [3.8, 4) is 0 Å². The lowest BCUT2D eigenvalue weighted by Crippen LogP contribution is -2.43. The lowest BCUT2D eigenvalue weighted by atomic mass is 10.0. The number of piperidine rings is 1. The molecule has 3 N–H and O–H groups in total. The van der Waals surface area contributed by atoms with Gasteiger partial charge in [-0.25, -0.2) is 13.1 Å². The molecule has 24 heavy (non-hydrogen) atoms. The molecule has 1 fully saturated rings. The molecule has 2 rings (SSSR count). The van der Waals surface area contributed by atoms with Crippen molar-refractivity contribution in [1.29, 1.82) is 0 Å². The minimum atomic E-state index is -3.62. The molecule has 1 aromatic carbocycles. The molecule has 136 valence electrons. The Morgan fingerprint density at radius 2 is 1.96 bits per heavy atom. The largest absolute Gasteiger partial charge is 0.325 e. The van der Waals surface area contributed by atoms with E-state index in [-0.39, 0.29) is 29.3 Å². The van der Waals surface area contributed by atoms with Gasteiger partial charge in [0.05, 0.1) is 10.9 Å². The van der Waals surface area contributed by atoms with Crippen molar-refractivity contribution in [2.75, 3.05) is 11.9 Å². The number of nitrogens with one attached hydrogen (secondary N) is 3. The third-order valence-electron chi connectivity index (χ3n) is 3.48. The molecule has 1 amide bonds. The highest BCUT2D eigenvalue weighted by atomic mass is 35.5. The van der Waals surface area contributed by atoms with Gasteiger partial charge in [0.25, 0.3) is 0 Å². The maximum atomic E-state index is 12.4. The molecule has 1 aromatic rings. The Morgan fingerprint density at radius 1 is 1.25 bits per heavy atom. The van der Waals surface area contributed by atoms with Gasteiger partial charge in [-0.05, 0) is 58.4 Å². The number of hydrogen-bond acceptors (Lipinski definition) is 4. The van der Waals surface area contributed by atoms with Crippen LogP contribution in [0, 0.1) is 0 Å². The number of carbonyl (C=O) groups excluding carboxylic acids is 1. The second kappa shape index (κ2) is 8.29. The van der Waals surface area contributed by atoms with Crippen LogP contribution in [-0.4, -0.2) is 32.5 Å². The number of carbonyl (C=O) groups is 1. The van der Waals surface area contributed by atoms with Crippen LogP contribution >= 0.6 is 12.4 Å². The van der Waals surface area contributed by atoms with Crippen molar-refractivity contribution in [1.82, 2.24) is 10.0 Å². The molecule has 0 saturated carbocycles. The normalized spacial score (nSPS) is 18.5. The Kier molecular flexibility index (Phi) is 7.22. The SMILES string of the molecule is CC(C)(C)NS(=O)(=O)c1cccc(NC(=O)C2CCCCN2)c1.Cl. The van der Waals surface area contributed by atoms with Gasteiger partial charge in [-0.1, -0.05) is 12.5 Å². The zero-order valence-corrected chi connectivity index (χ0v) is 15.9. The maximum Gasteiger partial charge on any atom is 0.241 e.